The highest BCUT2D eigenvalue weighted by Gasteiger charge is 2.35. The number of hydrogen-bond acceptors (Lipinski definition) is 4. The molecule has 3 aliphatic rings. The van der Waals surface area contributed by atoms with Gasteiger partial charge in [-0.3, -0.25) is 14.4 Å². The average Bonchev–Trinajstić information content (AvgIpc) is 2.77. The van der Waals surface area contributed by atoms with Crippen LogP contribution in [0.15, 0.2) is 12.4 Å². The fraction of sp³-hybridized carbons (Fsp3) is 0.750. The van der Waals surface area contributed by atoms with Crippen LogP contribution in [0.2, 0.25) is 5.02 Å². The molecule has 2 atom stereocenters. The van der Waals surface area contributed by atoms with E-state index in [1.807, 2.05) is 0 Å². The van der Waals surface area contributed by atoms with E-state index in [0.29, 0.717) is 29.9 Å². The van der Waals surface area contributed by atoms with Crippen LogP contribution in [0.4, 0.5) is 0 Å². The molecule has 4 heterocycles. The summed E-state index contributed by atoms with van der Waals surface area (Å²) in [7, 11) is 1.74. The van der Waals surface area contributed by atoms with Gasteiger partial charge in [0.2, 0.25) is 5.91 Å². The van der Waals surface area contributed by atoms with Crippen molar-refractivity contribution in [2.75, 3.05) is 39.9 Å². The zero-order valence-corrected chi connectivity index (χ0v) is 14.4. The van der Waals surface area contributed by atoms with Crippen LogP contribution < -0.4 is 0 Å². The highest BCUT2D eigenvalue weighted by Crippen LogP contribution is 2.28. The molecule has 0 radical (unpaired) electrons. The van der Waals surface area contributed by atoms with E-state index in [1.54, 1.807) is 24.2 Å². The third kappa shape index (κ3) is 4.25. The minimum atomic E-state index is 0.224. The van der Waals surface area contributed by atoms with E-state index < -0.39 is 0 Å². The van der Waals surface area contributed by atoms with Crippen LogP contribution in [0, 0.1) is 5.92 Å². The molecule has 0 saturated carbocycles. The number of methoxy groups -OCH3 is 1. The van der Waals surface area contributed by atoms with Crippen molar-refractivity contribution < 1.29 is 9.53 Å². The minimum absolute atomic E-state index is 0.224. The molecule has 0 N–H and O–H groups in total. The lowest BCUT2D eigenvalue weighted by Crippen LogP contribution is -2.45. The zero-order valence-electron chi connectivity index (χ0n) is 13.7. The fourth-order valence-electron chi connectivity index (χ4n) is 3.69. The van der Waals surface area contributed by atoms with Crippen molar-refractivity contribution in [1.82, 2.24) is 19.6 Å². The lowest BCUT2D eigenvalue weighted by atomic mass is 9.95. The van der Waals surface area contributed by atoms with E-state index in [4.69, 9.17) is 16.3 Å². The van der Waals surface area contributed by atoms with Gasteiger partial charge in [-0.05, 0) is 18.8 Å². The molecule has 6 nitrogen and oxygen atoms in total. The maximum atomic E-state index is 12.6. The van der Waals surface area contributed by atoms with Crippen LogP contribution in [0.3, 0.4) is 0 Å². The highest BCUT2D eigenvalue weighted by atomic mass is 35.5. The molecule has 0 aromatic carbocycles. The monoisotopic (exact) mass is 340 g/mol. The average molecular weight is 341 g/mol. The predicted molar refractivity (Wildman–Crippen MR) is 88.4 cm³/mol. The minimum Gasteiger partial charge on any atom is -0.383 e. The Morgan fingerprint density at radius 1 is 1.35 bits per heavy atom. The van der Waals surface area contributed by atoms with Gasteiger partial charge in [-0.2, -0.15) is 5.10 Å². The molecule has 2 bridgehead atoms. The smallest absolute Gasteiger partial charge is 0.224 e. The second-order valence-electron chi connectivity index (χ2n) is 6.56. The summed E-state index contributed by atoms with van der Waals surface area (Å²) < 4.78 is 6.95. The van der Waals surface area contributed by atoms with Crippen molar-refractivity contribution >= 4 is 17.5 Å². The summed E-state index contributed by atoms with van der Waals surface area (Å²) in [5.41, 5.74) is 0. The van der Waals surface area contributed by atoms with Crippen LogP contribution in [-0.4, -0.2) is 71.4 Å². The number of amides is 1. The van der Waals surface area contributed by atoms with E-state index in [2.05, 4.69) is 14.9 Å². The summed E-state index contributed by atoms with van der Waals surface area (Å²) in [5, 5.41) is 4.74. The number of aryl methyl sites for hydroxylation is 1. The van der Waals surface area contributed by atoms with Crippen molar-refractivity contribution in [1.29, 1.82) is 0 Å². The van der Waals surface area contributed by atoms with Gasteiger partial charge < -0.3 is 9.64 Å². The first kappa shape index (κ1) is 16.7. The molecule has 4 rings (SSSR count). The number of carbonyl (C=O) groups excluding carboxylic acids is 1. The van der Waals surface area contributed by atoms with Gasteiger partial charge in [0, 0.05) is 58.5 Å². The summed E-state index contributed by atoms with van der Waals surface area (Å²) in [6, 6.07) is 0.479. The lowest BCUT2D eigenvalue weighted by Gasteiger charge is -2.35. The van der Waals surface area contributed by atoms with E-state index in [-0.39, 0.29) is 5.91 Å². The Hall–Kier alpha value is -1.11. The quantitative estimate of drug-likeness (QED) is 0.787. The van der Waals surface area contributed by atoms with Gasteiger partial charge in [0.1, 0.15) is 0 Å². The second-order valence-corrected chi connectivity index (χ2v) is 6.99. The molecule has 7 heteroatoms. The Labute approximate surface area is 142 Å². The largest absolute Gasteiger partial charge is 0.383 e. The maximum absolute atomic E-state index is 12.6. The summed E-state index contributed by atoms with van der Waals surface area (Å²) in [5.74, 6) is 0.816. The summed E-state index contributed by atoms with van der Waals surface area (Å²) >= 11 is 5.86. The highest BCUT2D eigenvalue weighted by molar-refractivity contribution is 6.30. The molecule has 1 aromatic heterocycles. The van der Waals surface area contributed by atoms with Crippen molar-refractivity contribution in [2.45, 2.75) is 31.8 Å². The number of aromatic nitrogens is 2. The normalized spacial score (nSPS) is 24.9. The molecule has 128 valence electrons. The van der Waals surface area contributed by atoms with Crippen LogP contribution in [0.1, 0.15) is 19.3 Å². The molecule has 23 heavy (non-hydrogen) atoms. The summed E-state index contributed by atoms with van der Waals surface area (Å²) in [6.45, 7) is 5.14. The molecular weight excluding hydrogens is 316 g/mol. The molecule has 3 saturated heterocycles. The van der Waals surface area contributed by atoms with Gasteiger partial charge in [0.25, 0.3) is 0 Å². The van der Waals surface area contributed by atoms with Crippen LogP contribution in [0.25, 0.3) is 0 Å². The molecule has 1 aromatic rings. The molecule has 1 amide bonds. The topological polar surface area (TPSA) is 50.6 Å². The third-order valence-corrected chi connectivity index (χ3v) is 5.11. The number of halogens is 1. The predicted octanol–water partition coefficient (Wildman–Crippen LogP) is 1.50. The first-order valence-electron chi connectivity index (χ1n) is 8.34. The molecule has 0 aliphatic carbocycles. The van der Waals surface area contributed by atoms with Gasteiger partial charge in [0.05, 0.1) is 17.8 Å². The van der Waals surface area contributed by atoms with E-state index in [0.717, 1.165) is 32.8 Å². The molecule has 3 fully saturated rings. The Morgan fingerprint density at radius 3 is 2.96 bits per heavy atom. The number of carbonyl (C=O) groups is 1. The Kier molecular flexibility index (Phi) is 5.56. The maximum Gasteiger partial charge on any atom is 0.224 e. The van der Waals surface area contributed by atoms with E-state index in [1.165, 1.54) is 12.8 Å². The van der Waals surface area contributed by atoms with Gasteiger partial charge in [-0.25, -0.2) is 0 Å². The van der Waals surface area contributed by atoms with Crippen molar-refractivity contribution in [2.24, 2.45) is 5.92 Å². The van der Waals surface area contributed by atoms with Crippen molar-refractivity contribution in [3.8, 4) is 0 Å². The Morgan fingerprint density at radius 2 is 2.22 bits per heavy atom. The fourth-order valence-corrected chi connectivity index (χ4v) is 3.85. The third-order valence-electron chi connectivity index (χ3n) is 4.92. The second kappa shape index (κ2) is 7.64. The first-order valence-corrected chi connectivity index (χ1v) is 8.72. The van der Waals surface area contributed by atoms with Gasteiger partial charge in [-0.15, -0.1) is 0 Å². The van der Waals surface area contributed by atoms with Crippen LogP contribution >= 0.6 is 11.6 Å². The van der Waals surface area contributed by atoms with Crippen LogP contribution in [-0.2, 0) is 16.1 Å². The number of rotatable bonds is 6. The van der Waals surface area contributed by atoms with Gasteiger partial charge in [-0.1, -0.05) is 11.6 Å². The summed E-state index contributed by atoms with van der Waals surface area (Å²) in [4.78, 5) is 17.1. The molecule has 3 aliphatic heterocycles. The summed E-state index contributed by atoms with van der Waals surface area (Å²) in [6.07, 6.45) is 6.26. The van der Waals surface area contributed by atoms with Gasteiger partial charge in [0.15, 0.2) is 0 Å². The van der Waals surface area contributed by atoms with Crippen LogP contribution in [0.5, 0.6) is 0 Å². The number of piperidine rings is 1. The lowest BCUT2D eigenvalue weighted by molar-refractivity contribution is -0.131. The Balaban J connectivity index is 1.55. The standard InChI is InChI=1S/C16H25ClN4O2/c1-23-7-6-19-9-13-2-3-15(19)12-20(10-13)16(22)4-5-21-11-14(17)8-18-21/h8,11,13,15H,2-7,9-10,12H2,1H3/t13-,15-/m0/s1. The number of hydrogen-bond donors (Lipinski definition) is 0. The SMILES string of the molecule is COCCN1C[C@@H]2CC[C@H]1CN(C(=O)CCn1cc(Cl)cn1)C2. The Bertz CT molecular complexity index is 536. The number of ether oxygens (including phenoxy) is 1. The van der Waals surface area contributed by atoms with E-state index in [9.17, 15) is 4.79 Å². The number of nitrogens with zero attached hydrogens (tertiary/aromatic N) is 4. The van der Waals surface area contributed by atoms with Crippen molar-refractivity contribution in [3.63, 3.8) is 0 Å². The zero-order chi connectivity index (χ0) is 16.2. The van der Waals surface area contributed by atoms with Gasteiger partial charge >= 0.3 is 0 Å². The first-order chi connectivity index (χ1) is 11.2. The molecular formula is C16H25ClN4O2. The van der Waals surface area contributed by atoms with E-state index >= 15 is 0 Å². The molecule has 0 unspecified atom stereocenters. The van der Waals surface area contributed by atoms with Crippen molar-refractivity contribution in [3.05, 3.63) is 17.4 Å². The number of fused-ring (bicyclic) bond motifs is 4. The molecule has 0 spiro atoms.